The Kier molecular flexibility index (Phi) is 5.39. The zero-order chi connectivity index (χ0) is 20.3. The predicted octanol–water partition coefficient (Wildman–Crippen LogP) is 3.87. The first-order chi connectivity index (χ1) is 13.3. The third-order valence-electron chi connectivity index (χ3n) is 4.14. The molecule has 0 aliphatic heterocycles. The molecule has 5 nitrogen and oxygen atoms in total. The summed E-state index contributed by atoms with van der Waals surface area (Å²) in [6.45, 7) is 1.60. The molecule has 0 bridgehead atoms. The van der Waals surface area contributed by atoms with Gasteiger partial charge in [-0.05, 0) is 31.2 Å². The summed E-state index contributed by atoms with van der Waals surface area (Å²) in [6.07, 6.45) is -4.46. The number of alkyl halides is 3. The van der Waals surface area contributed by atoms with E-state index in [1.165, 1.54) is 12.1 Å². The van der Waals surface area contributed by atoms with E-state index < -0.39 is 23.4 Å². The van der Waals surface area contributed by atoms with Crippen LogP contribution in [0.3, 0.4) is 0 Å². The monoisotopic (exact) mass is 390 g/mol. The van der Waals surface area contributed by atoms with Gasteiger partial charge in [-0.15, -0.1) is 0 Å². The molecule has 3 aromatic rings. The Bertz CT molecular complexity index is 1020. The molecule has 0 unspecified atom stereocenters. The molecule has 3 rings (SSSR count). The maximum atomic E-state index is 12.7. The lowest BCUT2D eigenvalue weighted by molar-refractivity contribution is -0.137. The number of benzene rings is 2. The fourth-order valence-electron chi connectivity index (χ4n) is 2.86. The fourth-order valence-corrected chi connectivity index (χ4v) is 2.86. The third-order valence-corrected chi connectivity index (χ3v) is 4.14. The van der Waals surface area contributed by atoms with Gasteiger partial charge in [0.25, 0.3) is 11.7 Å². The van der Waals surface area contributed by atoms with Crippen molar-refractivity contribution >= 4 is 22.6 Å². The summed E-state index contributed by atoms with van der Waals surface area (Å²) >= 11 is 0. The van der Waals surface area contributed by atoms with Crippen molar-refractivity contribution < 1.29 is 27.5 Å². The summed E-state index contributed by atoms with van der Waals surface area (Å²) in [6, 6.07) is 11.6. The summed E-state index contributed by atoms with van der Waals surface area (Å²) in [5.41, 5.74) is 0.816. The lowest BCUT2D eigenvalue weighted by atomic mass is 10.1. The number of halogens is 3. The van der Waals surface area contributed by atoms with Crippen molar-refractivity contribution in [3.63, 3.8) is 0 Å². The summed E-state index contributed by atoms with van der Waals surface area (Å²) in [7, 11) is 0. The van der Waals surface area contributed by atoms with E-state index in [0.717, 1.165) is 17.6 Å². The van der Waals surface area contributed by atoms with Gasteiger partial charge in [0.15, 0.2) is 0 Å². The summed E-state index contributed by atoms with van der Waals surface area (Å²) in [5.74, 6) is -1.46. The minimum Gasteiger partial charge on any atom is -0.492 e. The maximum absolute atomic E-state index is 12.7. The van der Waals surface area contributed by atoms with Crippen molar-refractivity contribution in [3.05, 3.63) is 65.4 Å². The van der Waals surface area contributed by atoms with Crippen LogP contribution >= 0.6 is 0 Å². The minimum absolute atomic E-state index is 0.0256. The summed E-state index contributed by atoms with van der Waals surface area (Å²) < 4.78 is 43.3. The second-order valence-electron chi connectivity index (χ2n) is 6.13. The molecule has 0 aliphatic carbocycles. The van der Waals surface area contributed by atoms with Gasteiger partial charge in [-0.25, -0.2) is 0 Å². The van der Waals surface area contributed by atoms with E-state index in [-0.39, 0.29) is 18.9 Å². The molecule has 1 aromatic heterocycles. The van der Waals surface area contributed by atoms with Gasteiger partial charge in [0.1, 0.15) is 12.4 Å². The Morgan fingerprint density at radius 2 is 1.86 bits per heavy atom. The van der Waals surface area contributed by atoms with Crippen molar-refractivity contribution in [2.75, 3.05) is 13.2 Å². The molecule has 0 saturated carbocycles. The van der Waals surface area contributed by atoms with E-state index in [0.29, 0.717) is 16.6 Å². The third kappa shape index (κ3) is 4.16. The first kappa shape index (κ1) is 19.5. The van der Waals surface area contributed by atoms with Crippen LogP contribution in [0.15, 0.2) is 48.5 Å². The molecular formula is C20H17F3N2O3. The van der Waals surface area contributed by atoms with Gasteiger partial charge in [0.05, 0.1) is 17.7 Å². The first-order valence-electron chi connectivity index (χ1n) is 8.47. The molecule has 1 heterocycles. The highest BCUT2D eigenvalue weighted by Gasteiger charge is 2.30. The van der Waals surface area contributed by atoms with Crippen LogP contribution < -0.4 is 10.1 Å². The average Bonchev–Trinajstić information content (AvgIpc) is 2.99. The number of ether oxygens (including phenoxy) is 1. The van der Waals surface area contributed by atoms with E-state index >= 15 is 0 Å². The molecule has 28 heavy (non-hydrogen) atoms. The Hall–Kier alpha value is -3.29. The second kappa shape index (κ2) is 7.75. The number of para-hydroxylation sites is 1. The average molecular weight is 390 g/mol. The number of fused-ring (bicyclic) bond motifs is 1. The van der Waals surface area contributed by atoms with Gasteiger partial charge >= 0.3 is 6.18 Å². The van der Waals surface area contributed by atoms with Gasteiger partial charge in [0, 0.05) is 16.6 Å². The van der Waals surface area contributed by atoms with Gasteiger partial charge in [-0.1, -0.05) is 24.3 Å². The van der Waals surface area contributed by atoms with E-state index in [2.05, 4.69) is 10.3 Å². The summed E-state index contributed by atoms with van der Waals surface area (Å²) in [5, 5.41) is 3.08. The van der Waals surface area contributed by atoms with Crippen molar-refractivity contribution in [2.45, 2.75) is 13.1 Å². The normalized spacial score (nSPS) is 11.4. The quantitative estimate of drug-likeness (QED) is 0.381. The highest BCUT2D eigenvalue weighted by Crippen LogP contribution is 2.31. The van der Waals surface area contributed by atoms with Gasteiger partial charge in [-0.3, -0.25) is 9.59 Å². The number of rotatable bonds is 6. The van der Waals surface area contributed by atoms with E-state index in [9.17, 15) is 22.8 Å². The molecule has 2 N–H and O–H groups in total. The number of nitrogens with one attached hydrogen (secondary N) is 2. The predicted molar refractivity (Wildman–Crippen MR) is 97.3 cm³/mol. The Labute approximate surface area is 158 Å². The standard InChI is InChI=1S/C20H17F3N2O3/c1-12-17(15-7-2-3-8-16(15)25-12)18(26)19(27)24-9-10-28-14-6-4-5-13(11-14)20(21,22)23/h2-8,11,25H,9-10H2,1H3,(H,24,27). The zero-order valence-corrected chi connectivity index (χ0v) is 14.9. The van der Waals surface area contributed by atoms with Crippen LogP contribution in [0.25, 0.3) is 10.9 Å². The number of amides is 1. The van der Waals surface area contributed by atoms with Crippen LogP contribution in [-0.2, 0) is 11.0 Å². The van der Waals surface area contributed by atoms with E-state index in [1.807, 2.05) is 6.07 Å². The van der Waals surface area contributed by atoms with Crippen molar-refractivity contribution in [3.8, 4) is 5.75 Å². The smallest absolute Gasteiger partial charge is 0.416 e. The Balaban J connectivity index is 1.57. The number of hydrogen-bond acceptors (Lipinski definition) is 3. The molecule has 1 amide bonds. The maximum Gasteiger partial charge on any atom is 0.416 e. The minimum atomic E-state index is -4.46. The first-order valence-corrected chi connectivity index (χ1v) is 8.47. The summed E-state index contributed by atoms with van der Waals surface area (Å²) in [4.78, 5) is 27.7. The lowest BCUT2D eigenvalue weighted by Gasteiger charge is -2.10. The van der Waals surface area contributed by atoms with Crippen molar-refractivity contribution in [1.82, 2.24) is 10.3 Å². The molecule has 0 aliphatic rings. The van der Waals surface area contributed by atoms with Crippen LogP contribution in [0, 0.1) is 6.92 Å². The van der Waals surface area contributed by atoms with Crippen molar-refractivity contribution in [1.29, 1.82) is 0 Å². The van der Waals surface area contributed by atoms with Crippen LogP contribution in [0.1, 0.15) is 21.6 Å². The number of hydrogen-bond donors (Lipinski definition) is 2. The molecule has 0 radical (unpaired) electrons. The molecule has 146 valence electrons. The van der Waals surface area contributed by atoms with Crippen LogP contribution in [0.2, 0.25) is 0 Å². The molecule has 0 atom stereocenters. The molecule has 0 saturated heterocycles. The largest absolute Gasteiger partial charge is 0.492 e. The van der Waals surface area contributed by atoms with E-state index in [4.69, 9.17) is 4.74 Å². The molecule has 0 fully saturated rings. The number of ketones is 1. The fraction of sp³-hybridized carbons (Fsp3) is 0.200. The number of aromatic amines is 1. The molecule has 8 heteroatoms. The highest BCUT2D eigenvalue weighted by atomic mass is 19.4. The number of carbonyl (C=O) groups is 2. The molecular weight excluding hydrogens is 373 g/mol. The van der Waals surface area contributed by atoms with Gasteiger partial charge in [0.2, 0.25) is 0 Å². The topological polar surface area (TPSA) is 71.2 Å². The van der Waals surface area contributed by atoms with Gasteiger partial charge < -0.3 is 15.0 Å². The Morgan fingerprint density at radius 1 is 1.11 bits per heavy atom. The molecule has 0 spiro atoms. The number of Topliss-reactive ketones (excluding diaryl/α,β-unsaturated/α-hetero) is 1. The SMILES string of the molecule is Cc1[nH]c2ccccc2c1C(=O)C(=O)NCCOc1cccc(C(F)(F)F)c1. The van der Waals surface area contributed by atoms with Crippen molar-refractivity contribution in [2.24, 2.45) is 0 Å². The highest BCUT2D eigenvalue weighted by molar-refractivity contribution is 6.45. The zero-order valence-electron chi connectivity index (χ0n) is 14.9. The molecule has 2 aromatic carbocycles. The van der Waals surface area contributed by atoms with Crippen LogP contribution in [0.5, 0.6) is 5.75 Å². The van der Waals surface area contributed by atoms with Gasteiger partial charge in [-0.2, -0.15) is 13.2 Å². The van der Waals surface area contributed by atoms with Crippen LogP contribution in [-0.4, -0.2) is 29.8 Å². The second-order valence-corrected chi connectivity index (χ2v) is 6.13. The lowest BCUT2D eigenvalue weighted by Crippen LogP contribution is -2.34. The van der Waals surface area contributed by atoms with Crippen LogP contribution in [0.4, 0.5) is 13.2 Å². The number of carbonyl (C=O) groups excluding carboxylic acids is 2. The number of aromatic nitrogens is 1. The van der Waals surface area contributed by atoms with E-state index in [1.54, 1.807) is 25.1 Å². The number of aryl methyl sites for hydroxylation is 1. The number of H-pyrrole nitrogens is 1. The Morgan fingerprint density at radius 3 is 2.61 bits per heavy atom.